The molecule has 1 aromatic rings. The van der Waals surface area contributed by atoms with Gasteiger partial charge in [-0.25, -0.2) is 4.98 Å². The third-order valence-corrected chi connectivity index (χ3v) is 2.65. The Bertz CT molecular complexity index is 427. The number of morpholine rings is 1. The van der Waals surface area contributed by atoms with E-state index in [1.807, 2.05) is 4.90 Å². The molecule has 0 aromatic carbocycles. The molecule has 1 aromatic heterocycles. The highest BCUT2D eigenvalue weighted by atomic mass is 16.5. The second-order valence-corrected chi connectivity index (χ2v) is 3.94. The number of methoxy groups -OCH3 is 1. The van der Waals surface area contributed by atoms with E-state index in [1.54, 1.807) is 19.4 Å². The number of aromatic nitrogens is 2. The van der Waals surface area contributed by atoms with Gasteiger partial charge in [0.25, 0.3) is 0 Å². The average Bonchev–Trinajstić information content (AvgIpc) is 2.38. The van der Waals surface area contributed by atoms with Gasteiger partial charge in [0.1, 0.15) is 0 Å². The standard InChI is InChI=1S/C11H15N3O4/c1-17-9-2-3-12-11(13-9)14-4-5-18-8(7-14)6-10(15)16/h2-3,8H,4-7H2,1H3,(H,15,16). The van der Waals surface area contributed by atoms with Gasteiger partial charge < -0.3 is 19.5 Å². The molecule has 0 amide bonds. The van der Waals surface area contributed by atoms with E-state index in [2.05, 4.69) is 9.97 Å². The predicted octanol–water partition coefficient (Wildman–Crippen LogP) is 0.165. The van der Waals surface area contributed by atoms with Crippen LogP contribution in [-0.2, 0) is 9.53 Å². The zero-order chi connectivity index (χ0) is 13.0. The topological polar surface area (TPSA) is 84.8 Å². The van der Waals surface area contributed by atoms with Gasteiger partial charge in [0, 0.05) is 25.4 Å². The van der Waals surface area contributed by atoms with Crippen molar-refractivity contribution in [1.29, 1.82) is 0 Å². The van der Waals surface area contributed by atoms with Gasteiger partial charge in [-0.2, -0.15) is 4.98 Å². The molecule has 1 saturated heterocycles. The van der Waals surface area contributed by atoms with Crippen LogP contribution in [-0.4, -0.2) is 54.0 Å². The Labute approximate surface area is 104 Å². The number of hydrogen-bond acceptors (Lipinski definition) is 6. The molecule has 0 saturated carbocycles. The average molecular weight is 253 g/mol. The number of carboxylic acids is 1. The van der Waals surface area contributed by atoms with Crippen molar-refractivity contribution in [1.82, 2.24) is 9.97 Å². The number of nitrogens with zero attached hydrogens (tertiary/aromatic N) is 3. The molecule has 2 rings (SSSR count). The summed E-state index contributed by atoms with van der Waals surface area (Å²) < 4.78 is 10.4. The molecule has 1 aliphatic heterocycles. The Morgan fingerprint density at radius 2 is 2.56 bits per heavy atom. The van der Waals surface area contributed by atoms with E-state index in [9.17, 15) is 4.79 Å². The number of hydrogen-bond donors (Lipinski definition) is 1. The van der Waals surface area contributed by atoms with Crippen molar-refractivity contribution in [3.63, 3.8) is 0 Å². The largest absolute Gasteiger partial charge is 0.481 e. The minimum atomic E-state index is -0.867. The first kappa shape index (κ1) is 12.6. The molecule has 0 aliphatic carbocycles. The van der Waals surface area contributed by atoms with Crippen molar-refractivity contribution in [3.8, 4) is 5.88 Å². The zero-order valence-corrected chi connectivity index (χ0v) is 10.1. The second kappa shape index (κ2) is 5.63. The van der Waals surface area contributed by atoms with E-state index in [0.29, 0.717) is 31.5 Å². The van der Waals surface area contributed by atoms with Gasteiger partial charge in [0.05, 0.1) is 26.2 Å². The summed E-state index contributed by atoms with van der Waals surface area (Å²) in [5.41, 5.74) is 0. The normalized spacial score (nSPS) is 19.6. The summed E-state index contributed by atoms with van der Waals surface area (Å²) in [6.07, 6.45) is 1.27. The van der Waals surface area contributed by atoms with Gasteiger partial charge in [-0.1, -0.05) is 0 Å². The highest BCUT2D eigenvalue weighted by Gasteiger charge is 2.24. The number of aliphatic carboxylic acids is 1. The van der Waals surface area contributed by atoms with E-state index in [0.717, 1.165) is 0 Å². The lowest BCUT2D eigenvalue weighted by molar-refractivity contribution is -0.140. The molecule has 7 heteroatoms. The van der Waals surface area contributed by atoms with Crippen LogP contribution in [0.25, 0.3) is 0 Å². The fourth-order valence-electron chi connectivity index (χ4n) is 1.82. The second-order valence-electron chi connectivity index (χ2n) is 3.94. The molecule has 7 nitrogen and oxygen atoms in total. The maximum atomic E-state index is 10.7. The number of carbonyl (C=O) groups is 1. The highest BCUT2D eigenvalue weighted by Crippen LogP contribution is 2.16. The zero-order valence-electron chi connectivity index (χ0n) is 10.1. The lowest BCUT2D eigenvalue weighted by Gasteiger charge is -2.32. The van der Waals surface area contributed by atoms with Gasteiger partial charge in [0.15, 0.2) is 0 Å². The van der Waals surface area contributed by atoms with Crippen LogP contribution in [0.5, 0.6) is 5.88 Å². The van der Waals surface area contributed by atoms with Crippen LogP contribution < -0.4 is 9.64 Å². The van der Waals surface area contributed by atoms with Crippen LogP contribution in [0.2, 0.25) is 0 Å². The van der Waals surface area contributed by atoms with Gasteiger partial charge >= 0.3 is 5.97 Å². The minimum absolute atomic E-state index is 0.0134. The van der Waals surface area contributed by atoms with Crippen LogP contribution in [0.15, 0.2) is 12.3 Å². The first-order chi connectivity index (χ1) is 8.69. The van der Waals surface area contributed by atoms with Crippen LogP contribution in [0, 0.1) is 0 Å². The molecular weight excluding hydrogens is 238 g/mol. The van der Waals surface area contributed by atoms with E-state index in [4.69, 9.17) is 14.6 Å². The van der Waals surface area contributed by atoms with Crippen molar-refractivity contribution < 1.29 is 19.4 Å². The van der Waals surface area contributed by atoms with Crippen molar-refractivity contribution in [2.75, 3.05) is 31.7 Å². The number of anilines is 1. The van der Waals surface area contributed by atoms with E-state index >= 15 is 0 Å². The molecule has 0 spiro atoms. The summed E-state index contributed by atoms with van der Waals surface area (Å²) in [5.74, 6) is 0.155. The molecule has 1 fully saturated rings. The van der Waals surface area contributed by atoms with E-state index < -0.39 is 5.97 Å². The molecular formula is C11H15N3O4. The maximum Gasteiger partial charge on any atom is 0.306 e. The monoisotopic (exact) mass is 253 g/mol. The molecule has 0 bridgehead atoms. The van der Waals surface area contributed by atoms with Crippen LogP contribution >= 0.6 is 0 Å². The first-order valence-corrected chi connectivity index (χ1v) is 5.64. The summed E-state index contributed by atoms with van der Waals surface area (Å²) in [6, 6.07) is 1.67. The summed E-state index contributed by atoms with van der Waals surface area (Å²) >= 11 is 0. The Kier molecular flexibility index (Phi) is 3.93. The van der Waals surface area contributed by atoms with Crippen LogP contribution in [0.3, 0.4) is 0 Å². The Morgan fingerprint density at radius 1 is 1.72 bits per heavy atom. The summed E-state index contributed by atoms with van der Waals surface area (Å²) in [6.45, 7) is 1.58. The third kappa shape index (κ3) is 3.07. The van der Waals surface area contributed by atoms with Crippen LogP contribution in [0.4, 0.5) is 5.95 Å². The van der Waals surface area contributed by atoms with Gasteiger partial charge in [-0.15, -0.1) is 0 Å². The molecule has 0 radical (unpaired) electrons. The third-order valence-electron chi connectivity index (χ3n) is 2.65. The van der Waals surface area contributed by atoms with Crippen molar-refractivity contribution in [2.45, 2.75) is 12.5 Å². The molecule has 18 heavy (non-hydrogen) atoms. The Morgan fingerprint density at radius 3 is 3.28 bits per heavy atom. The SMILES string of the molecule is COc1ccnc(N2CCOC(CC(=O)O)C2)n1. The molecule has 2 heterocycles. The predicted molar refractivity (Wildman–Crippen MR) is 62.8 cm³/mol. The minimum Gasteiger partial charge on any atom is -0.481 e. The number of rotatable bonds is 4. The van der Waals surface area contributed by atoms with Gasteiger partial charge in [-0.3, -0.25) is 4.79 Å². The molecule has 1 aliphatic rings. The maximum absolute atomic E-state index is 10.7. The van der Waals surface area contributed by atoms with E-state index in [1.165, 1.54) is 0 Å². The number of carboxylic acid groups (broad SMARTS) is 1. The lowest BCUT2D eigenvalue weighted by Crippen LogP contribution is -2.44. The summed E-state index contributed by atoms with van der Waals surface area (Å²) in [5, 5.41) is 8.75. The van der Waals surface area contributed by atoms with E-state index in [-0.39, 0.29) is 12.5 Å². The Balaban J connectivity index is 2.05. The fourth-order valence-corrected chi connectivity index (χ4v) is 1.82. The molecule has 1 unspecified atom stereocenters. The van der Waals surface area contributed by atoms with Gasteiger partial charge in [0.2, 0.25) is 11.8 Å². The first-order valence-electron chi connectivity index (χ1n) is 5.64. The van der Waals surface area contributed by atoms with Crippen LogP contribution in [0.1, 0.15) is 6.42 Å². The molecule has 1 N–H and O–H groups in total. The van der Waals surface area contributed by atoms with Crippen molar-refractivity contribution >= 4 is 11.9 Å². The van der Waals surface area contributed by atoms with Crippen molar-refractivity contribution in [2.24, 2.45) is 0 Å². The van der Waals surface area contributed by atoms with Crippen molar-refractivity contribution in [3.05, 3.63) is 12.3 Å². The quantitative estimate of drug-likeness (QED) is 0.818. The van der Waals surface area contributed by atoms with Gasteiger partial charge in [-0.05, 0) is 0 Å². The highest BCUT2D eigenvalue weighted by molar-refractivity contribution is 5.67. The number of ether oxygens (including phenoxy) is 2. The molecule has 98 valence electrons. The summed E-state index contributed by atoms with van der Waals surface area (Å²) in [4.78, 5) is 20.9. The smallest absolute Gasteiger partial charge is 0.306 e. The fraction of sp³-hybridized carbons (Fsp3) is 0.545. The summed E-state index contributed by atoms with van der Waals surface area (Å²) in [7, 11) is 1.54. The molecule has 1 atom stereocenters. The Hall–Kier alpha value is -1.89. The lowest BCUT2D eigenvalue weighted by atomic mass is 10.2.